The first-order valence-electron chi connectivity index (χ1n) is 32.5. The molecule has 1 aliphatic rings. The topological polar surface area (TPSA) is 189 Å². The van der Waals surface area contributed by atoms with E-state index in [1.807, 2.05) is 0 Å². The maximum atomic E-state index is 13.2. The highest BCUT2D eigenvalue weighted by Gasteiger charge is 2.44. The molecule has 11 heteroatoms. The molecule has 0 aromatic rings. The van der Waals surface area contributed by atoms with Crippen LogP contribution in [-0.2, 0) is 14.3 Å². The normalized spacial score (nSPS) is 19.8. The van der Waals surface area contributed by atoms with Gasteiger partial charge in [-0.15, -0.1) is 0 Å². The highest BCUT2D eigenvalue weighted by atomic mass is 16.7. The van der Waals surface area contributed by atoms with Gasteiger partial charge in [-0.25, -0.2) is 0 Å². The number of aliphatic hydroxyl groups excluding tert-OH is 7. The zero-order chi connectivity index (χ0) is 56.1. The molecular formula is C66H123NO10. The fourth-order valence-corrected chi connectivity index (χ4v) is 10.3. The molecule has 0 aromatic heterocycles. The molecule has 1 saturated heterocycles. The van der Waals surface area contributed by atoms with Crippen molar-refractivity contribution in [2.24, 2.45) is 0 Å². The Bertz CT molecular complexity index is 1390. The molecule has 0 aromatic carbocycles. The minimum Gasteiger partial charge on any atom is -0.394 e. The van der Waals surface area contributed by atoms with Gasteiger partial charge in [0.2, 0.25) is 5.91 Å². The van der Waals surface area contributed by atoms with E-state index in [9.17, 15) is 40.5 Å². The SMILES string of the molecule is CCCCCCCCCCCCCC/C=C\CCCCCCCCCCC(O)C(=O)NC(COC1OC(CO)C(O)C(O)C1O)C(O)C(O)CCC/C=C/CC/C=C/CC/C=C/CCCCCCCCCCCCCCC. The van der Waals surface area contributed by atoms with Gasteiger partial charge in [-0.3, -0.25) is 4.79 Å². The average molecular weight is 1090 g/mol. The molecule has 8 N–H and O–H groups in total. The molecule has 77 heavy (non-hydrogen) atoms. The number of carbonyl (C=O) groups is 1. The van der Waals surface area contributed by atoms with Crippen LogP contribution in [0.5, 0.6) is 0 Å². The standard InChI is InChI=1S/C66H123NO10/c1-3-5-7-9-11-13-15-17-19-21-23-25-27-29-30-32-33-35-37-39-41-43-45-47-49-51-53-58(69)61(71)57(56-76-66-64(74)63(73)62(72)60(55-68)77-66)67-65(75)59(70)54-52-50-48-46-44-42-40-38-36-34-31-28-26-24-22-20-18-16-14-12-10-8-6-4-2/h30-32,34,37,39,45,47,57-64,66,68-74H,3-29,33,35-36,38,40-44,46,48-56H2,1-2H3,(H,67,75)/b32-30+,34-31-,39-37+,47-45+. The van der Waals surface area contributed by atoms with Crippen LogP contribution in [0, 0.1) is 0 Å². The summed E-state index contributed by atoms with van der Waals surface area (Å²) in [6.07, 6.45) is 58.9. The van der Waals surface area contributed by atoms with Gasteiger partial charge < -0.3 is 50.5 Å². The minimum absolute atomic E-state index is 0.240. The van der Waals surface area contributed by atoms with Crippen LogP contribution in [0.2, 0.25) is 0 Å². The lowest BCUT2D eigenvalue weighted by atomic mass is 9.98. The summed E-state index contributed by atoms with van der Waals surface area (Å²) in [7, 11) is 0. The summed E-state index contributed by atoms with van der Waals surface area (Å²) >= 11 is 0. The molecule has 1 amide bonds. The van der Waals surface area contributed by atoms with Gasteiger partial charge in [0.15, 0.2) is 6.29 Å². The maximum absolute atomic E-state index is 13.2. The maximum Gasteiger partial charge on any atom is 0.249 e. The molecular weight excluding hydrogens is 967 g/mol. The van der Waals surface area contributed by atoms with Crippen molar-refractivity contribution < 1.29 is 50.0 Å². The summed E-state index contributed by atoms with van der Waals surface area (Å²) in [5.41, 5.74) is 0. The third kappa shape index (κ3) is 42.6. The smallest absolute Gasteiger partial charge is 0.249 e. The first-order valence-corrected chi connectivity index (χ1v) is 32.5. The minimum atomic E-state index is -1.68. The molecule has 11 nitrogen and oxygen atoms in total. The Labute approximate surface area is 472 Å². The number of amides is 1. The molecule has 452 valence electrons. The summed E-state index contributed by atoms with van der Waals surface area (Å²) in [6, 6.07) is -1.20. The molecule has 9 atom stereocenters. The first-order chi connectivity index (χ1) is 37.7. The van der Waals surface area contributed by atoms with E-state index < -0.39 is 74.2 Å². The Kier molecular flexibility index (Phi) is 51.9. The number of nitrogens with one attached hydrogen (secondary N) is 1. The zero-order valence-corrected chi connectivity index (χ0v) is 49.7. The number of unbranched alkanes of at least 4 members (excludes halogenated alkanes) is 36. The summed E-state index contributed by atoms with van der Waals surface area (Å²) in [6.45, 7) is 3.47. The Hall–Kier alpha value is -1.93. The van der Waals surface area contributed by atoms with Crippen molar-refractivity contribution in [2.75, 3.05) is 13.2 Å². The van der Waals surface area contributed by atoms with Gasteiger partial charge in [-0.05, 0) is 89.9 Å². The van der Waals surface area contributed by atoms with Crippen molar-refractivity contribution in [1.29, 1.82) is 0 Å². The van der Waals surface area contributed by atoms with Crippen LogP contribution in [0.4, 0.5) is 0 Å². The van der Waals surface area contributed by atoms with Gasteiger partial charge in [0.05, 0.1) is 25.4 Å². The number of allylic oxidation sites excluding steroid dienone is 8. The predicted octanol–water partition coefficient (Wildman–Crippen LogP) is 14.8. The van der Waals surface area contributed by atoms with Gasteiger partial charge in [0.1, 0.15) is 36.6 Å². The van der Waals surface area contributed by atoms with E-state index in [2.05, 4.69) is 67.8 Å². The second-order valence-corrected chi connectivity index (χ2v) is 22.8. The van der Waals surface area contributed by atoms with Gasteiger partial charge >= 0.3 is 0 Å². The molecule has 1 heterocycles. The zero-order valence-electron chi connectivity index (χ0n) is 49.7. The van der Waals surface area contributed by atoms with Crippen molar-refractivity contribution in [1.82, 2.24) is 5.32 Å². The molecule has 0 spiro atoms. The fourth-order valence-electron chi connectivity index (χ4n) is 10.3. The predicted molar refractivity (Wildman–Crippen MR) is 321 cm³/mol. The number of aliphatic hydroxyl groups is 7. The number of carbonyl (C=O) groups excluding carboxylic acids is 1. The molecule has 0 radical (unpaired) electrons. The van der Waals surface area contributed by atoms with E-state index in [1.54, 1.807) is 0 Å². The van der Waals surface area contributed by atoms with Crippen LogP contribution >= 0.6 is 0 Å². The van der Waals surface area contributed by atoms with Crippen LogP contribution in [-0.4, -0.2) is 110 Å². The van der Waals surface area contributed by atoms with E-state index in [1.165, 1.54) is 199 Å². The largest absolute Gasteiger partial charge is 0.394 e. The lowest BCUT2D eigenvalue weighted by Gasteiger charge is -2.40. The molecule has 0 saturated carbocycles. The Morgan fingerprint density at radius 2 is 0.779 bits per heavy atom. The molecule has 0 bridgehead atoms. The van der Waals surface area contributed by atoms with Crippen LogP contribution < -0.4 is 5.32 Å². The van der Waals surface area contributed by atoms with Crippen molar-refractivity contribution in [3.8, 4) is 0 Å². The number of hydrogen-bond acceptors (Lipinski definition) is 10. The molecule has 9 unspecified atom stereocenters. The number of hydrogen-bond donors (Lipinski definition) is 8. The highest BCUT2D eigenvalue weighted by molar-refractivity contribution is 5.80. The first kappa shape index (κ1) is 73.1. The monoisotopic (exact) mass is 1090 g/mol. The van der Waals surface area contributed by atoms with Crippen LogP contribution in [0.25, 0.3) is 0 Å². The van der Waals surface area contributed by atoms with E-state index in [0.29, 0.717) is 19.3 Å². The third-order valence-corrected chi connectivity index (χ3v) is 15.6. The van der Waals surface area contributed by atoms with Gasteiger partial charge in [0.25, 0.3) is 0 Å². The summed E-state index contributed by atoms with van der Waals surface area (Å²) < 4.78 is 11.2. The average Bonchev–Trinajstić information content (AvgIpc) is 3.43. The van der Waals surface area contributed by atoms with E-state index in [0.717, 1.165) is 51.4 Å². The van der Waals surface area contributed by atoms with Gasteiger partial charge in [-0.2, -0.15) is 0 Å². The van der Waals surface area contributed by atoms with Crippen LogP contribution in [0.15, 0.2) is 48.6 Å². The Balaban J connectivity index is 2.30. The quantitative estimate of drug-likeness (QED) is 0.0215. The Morgan fingerprint density at radius 3 is 1.16 bits per heavy atom. The molecule has 1 aliphatic heterocycles. The van der Waals surface area contributed by atoms with Crippen molar-refractivity contribution in [3.05, 3.63) is 48.6 Å². The third-order valence-electron chi connectivity index (χ3n) is 15.6. The van der Waals surface area contributed by atoms with Crippen LogP contribution in [0.1, 0.15) is 296 Å². The van der Waals surface area contributed by atoms with Gasteiger partial charge in [0, 0.05) is 0 Å². The van der Waals surface area contributed by atoms with Crippen LogP contribution in [0.3, 0.4) is 0 Å². The van der Waals surface area contributed by atoms with E-state index >= 15 is 0 Å². The fraction of sp³-hybridized carbons (Fsp3) is 0.864. The number of rotatable bonds is 56. The molecule has 1 rings (SSSR count). The Morgan fingerprint density at radius 1 is 0.442 bits per heavy atom. The molecule has 1 fully saturated rings. The van der Waals surface area contributed by atoms with Gasteiger partial charge in [-0.1, -0.05) is 255 Å². The summed E-state index contributed by atoms with van der Waals surface area (Å²) in [5, 5.41) is 76.3. The lowest BCUT2D eigenvalue weighted by molar-refractivity contribution is -0.303. The van der Waals surface area contributed by atoms with Crippen molar-refractivity contribution in [3.63, 3.8) is 0 Å². The van der Waals surface area contributed by atoms with Crippen molar-refractivity contribution >= 4 is 5.91 Å². The molecule has 0 aliphatic carbocycles. The summed E-state index contributed by atoms with van der Waals surface area (Å²) in [5.74, 6) is -0.713. The summed E-state index contributed by atoms with van der Waals surface area (Å²) in [4.78, 5) is 13.2. The second-order valence-electron chi connectivity index (χ2n) is 22.8. The van der Waals surface area contributed by atoms with Crippen molar-refractivity contribution in [2.45, 2.75) is 351 Å². The lowest BCUT2D eigenvalue weighted by Crippen LogP contribution is -2.60. The van der Waals surface area contributed by atoms with E-state index in [4.69, 9.17) is 9.47 Å². The highest BCUT2D eigenvalue weighted by Crippen LogP contribution is 2.23. The number of ether oxygens (including phenoxy) is 2. The van der Waals surface area contributed by atoms with E-state index in [-0.39, 0.29) is 12.8 Å². The second kappa shape index (κ2) is 54.6.